The summed E-state index contributed by atoms with van der Waals surface area (Å²) in [5.74, 6) is -0.140. The zero-order valence-electron chi connectivity index (χ0n) is 20.3. The number of hydrogen-bond donors (Lipinski definition) is 2. The Morgan fingerprint density at radius 3 is 2.30 bits per heavy atom. The molecule has 6 rings (SSSR count). The minimum absolute atomic E-state index is 0.00382. The van der Waals surface area contributed by atoms with Gasteiger partial charge in [-0.2, -0.15) is 9.61 Å². The van der Waals surface area contributed by atoms with E-state index in [1.807, 2.05) is 42.5 Å². The molecule has 0 radical (unpaired) electrons. The van der Waals surface area contributed by atoms with Gasteiger partial charge in [0.25, 0.3) is 0 Å². The fourth-order valence-corrected chi connectivity index (χ4v) is 7.03. The van der Waals surface area contributed by atoms with E-state index in [9.17, 15) is 13.2 Å². The van der Waals surface area contributed by atoms with Crippen LogP contribution in [0.5, 0.6) is 0 Å². The number of urea groups is 1. The highest BCUT2D eigenvalue weighted by Crippen LogP contribution is 2.45. The monoisotopic (exact) mass is 517 g/mol. The lowest BCUT2D eigenvalue weighted by molar-refractivity contribution is 0.144. The molecule has 4 aromatic rings. The summed E-state index contributed by atoms with van der Waals surface area (Å²) in [4.78, 5) is 23.2. The van der Waals surface area contributed by atoms with Gasteiger partial charge in [0.05, 0.1) is 17.6 Å². The lowest BCUT2D eigenvalue weighted by Gasteiger charge is -2.38. The summed E-state index contributed by atoms with van der Waals surface area (Å²) >= 11 is 0. The molecule has 2 bridgehead atoms. The molecule has 0 unspecified atom stereocenters. The quantitative estimate of drug-likeness (QED) is 0.422. The number of aromatic nitrogens is 4. The predicted molar refractivity (Wildman–Crippen MR) is 139 cm³/mol. The van der Waals surface area contributed by atoms with Crippen LogP contribution in [0, 0.1) is 0 Å². The molecule has 11 heteroatoms. The van der Waals surface area contributed by atoms with Crippen LogP contribution in [0.2, 0.25) is 0 Å². The number of anilines is 1. The second-order valence-electron chi connectivity index (χ2n) is 9.87. The van der Waals surface area contributed by atoms with Crippen molar-refractivity contribution in [3.05, 3.63) is 60.6 Å². The number of carbonyl (C=O) groups is 1. The molecule has 3 atom stereocenters. The molecule has 4 N–H and O–H groups in total. The maximum Gasteiger partial charge on any atom is 0.315 e. The van der Waals surface area contributed by atoms with Gasteiger partial charge in [-0.3, -0.25) is 4.98 Å². The van der Waals surface area contributed by atoms with Gasteiger partial charge in [0.1, 0.15) is 10.7 Å². The third-order valence-electron chi connectivity index (χ3n) is 7.55. The fourth-order valence-electron chi connectivity index (χ4n) is 5.97. The Morgan fingerprint density at radius 1 is 1.00 bits per heavy atom. The molecule has 0 spiro atoms. The molecule has 2 aliphatic heterocycles. The molecule has 3 aromatic heterocycles. The van der Waals surface area contributed by atoms with Crippen molar-refractivity contribution in [3.8, 4) is 22.4 Å². The van der Waals surface area contributed by atoms with Crippen LogP contribution in [0.25, 0.3) is 28.0 Å². The van der Waals surface area contributed by atoms with E-state index in [2.05, 4.69) is 10.1 Å². The standard InChI is InChI=1S/C26H27N7O3S/c1-37(35,36)23-22(17-11-18-8-9-19(12-17)32(18)26(28)34)31-25-20(14-30-33(25)24(23)27)16-7-10-21(29-13-16)15-5-3-2-4-6-15/h2-7,10,13-14,17-19H,8-9,11-12,27H2,1H3,(H2,28,34)/t17-,18-,19+. The van der Waals surface area contributed by atoms with Crippen LogP contribution < -0.4 is 11.5 Å². The van der Waals surface area contributed by atoms with Gasteiger partial charge in [-0.25, -0.2) is 18.2 Å². The van der Waals surface area contributed by atoms with Crippen LogP contribution in [0.15, 0.2) is 59.8 Å². The van der Waals surface area contributed by atoms with Crippen molar-refractivity contribution in [1.82, 2.24) is 24.5 Å². The first kappa shape index (κ1) is 23.4. The number of pyridine rings is 1. The number of nitrogen functional groups attached to an aromatic ring is 1. The zero-order valence-corrected chi connectivity index (χ0v) is 21.1. The number of primary amides is 1. The van der Waals surface area contributed by atoms with Crippen molar-refractivity contribution < 1.29 is 13.2 Å². The number of fused-ring (bicyclic) bond motifs is 3. The summed E-state index contributed by atoms with van der Waals surface area (Å²) in [6, 6.07) is 13.2. The first-order valence-corrected chi connectivity index (χ1v) is 14.1. The SMILES string of the molecule is CS(=O)(=O)c1c([C@@H]2C[C@H]3CC[C@@H](C2)N3C(N)=O)nc2c(-c3ccc(-c4ccccc4)nc3)cnn2c1N. The molecule has 10 nitrogen and oxygen atoms in total. The second-order valence-corrected chi connectivity index (χ2v) is 11.8. The van der Waals surface area contributed by atoms with Gasteiger partial charge in [0.15, 0.2) is 15.5 Å². The number of rotatable bonds is 4. The fraction of sp³-hybridized carbons (Fsp3) is 0.308. The Morgan fingerprint density at radius 2 is 1.70 bits per heavy atom. The zero-order chi connectivity index (χ0) is 25.9. The number of sulfone groups is 1. The van der Waals surface area contributed by atoms with Gasteiger partial charge >= 0.3 is 6.03 Å². The summed E-state index contributed by atoms with van der Waals surface area (Å²) in [5.41, 5.74) is 16.3. The Bertz CT molecular complexity index is 1600. The first-order valence-electron chi connectivity index (χ1n) is 12.2. The Balaban J connectivity index is 1.46. The normalized spacial score (nSPS) is 21.4. The van der Waals surface area contributed by atoms with Crippen molar-refractivity contribution in [2.75, 3.05) is 12.0 Å². The molecule has 2 fully saturated rings. The molecule has 37 heavy (non-hydrogen) atoms. The number of benzene rings is 1. The van der Waals surface area contributed by atoms with Gasteiger partial charge in [-0.1, -0.05) is 36.4 Å². The molecule has 1 aromatic carbocycles. The minimum atomic E-state index is -3.71. The van der Waals surface area contributed by atoms with Crippen molar-refractivity contribution in [1.29, 1.82) is 0 Å². The van der Waals surface area contributed by atoms with E-state index < -0.39 is 15.9 Å². The Labute approximate surface area is 214 Å². The average molecular weight is 518 g/mol. The van der Waals surface area contributed by atoms with E-state index >= 15 is 0 Å². The molecule has 2 saturated heterocycles. The molecular formula is C26H27N7O3S. The van der Waals surface area contributed by atoms with Gasteiger partial charge in [0, 0.05) is 47.1 Å². The summed E-state index contributed by atoms with van der Waals surface area (Å²) < 4.78 is 27.2. The molecule has 0 saturated carbocycles. The van der Waals surface area contributed by atoms with Gasteiger partial charge in [-0.15, -0.1) is 0 Å². The van der Waals surface area contributed by atoms with E-state index in [4.69, 9.17) is 16.5 Å². The average Bonchev–Trinajstić information content (AvgIpc) is 3.42. The number of carbonyl (C=O) groups excluding carboxylic acids is 1. The first-order chi connectivity index (χ1) is 17.7. The topological polar surface area (TPSA) is 150 Å². The van der Waals surface area contributed by atoms with Crippen LogP contribution >= 0.6 is 0 Å². The number of piperidine rings is 1. The van der Waals surface area contributed by atoms with E-state index in [-0.39, 0.29) is 28.7 Å². The Hall–Kier alpha value is -3.99. The minimum Gasteiger partial charge on any atom is -0.382 e. The molecule has 190 valence electrons. The van der Waals surface area contributed by atoms with E-state index in [0.29, 0.717) is 29.7 Å². The predicted octanol–water partition coefficient (Wildman–Crippen LogP) is 3.23. The van der Waals surface area contributed by atoms with E-state index in [0.717, 1.165) is 35.9 Å². The van der Waals surface area contributed by atoms with Crippen molar-refractivity contribution in [2.24, 2.45) is 5.73 Å². The largest absolute Gasteiger partial charge is 0.382 e. The summed E-state index contributed by atoms with van der Waals surface area (Å²) in [5, 5.41) is 4.38. The Kier molecular flexibility index (Phi) is 5.41. The number of hydrogen-bond acceptors (Lipinski definition) is 7. The number of amides is 2. The van der Waals surface area contributed by atoms with Crippen LogP contribution in [0.4, 0.5) is 10.6 Å². The molecule has 5 heterocycles. The molecule has 2 aliphatic rings. The van der Waals surface area contributed by atoms with Crippen LogP contribution in [0.3, 0.4) is 0 Å². The summed E-state index contributed by atoms with van der Waals surface area (Å²) in [6.07, 6.45) is 7.38. The van der Waals surface area contributed by atoms with E-state index in [1.54, 1.807) is 17.3 Å². The van der Waals surface area contributed by atoms with Crippen molar-refractivity contribution in [2.45, 2.75) is 48.6 Å². The highest BCUT2D eigenvalue weighted by atomic mass is 32.2. The molecule has 2 amide bonds. The van der Waals surface area contributed by atoms with Crippen LogP contribution in [-0.2, 0) is 9.84 Å². The molecular weight excluding hydrogens is 490 g/mol. The van der Waals surface area contributed by atoms with E-state index in [1.165, 1.54) is 4.52 Å². The summed E-state index contributed by atoms with van der Waals surface area (Å²) in [7, 11) is -3.71. The lowest BCUT2D eigenvalue weighted by atomic mass is 9.88. The third kappa shape index (κ3) is 3.90. The maximum absolute atomic E-state index is 12.9. The van der Waals surface area contributed by atoms with Gasteiger partial charge < -0.3 is 16.4 Å². The highest BCUT2D eigenvalue weighted by Gasteiger charge is 2.44. The van der Waals surface area contributed by atoms with Gasteiger partial charge in [-0.05, 0) is 31.7 Å². The third-order valence-corrected chi connectivity index (χ3v) is 8.71. The highest BCUT2D eigenvalue weighted by molar-refractivity contribution is 7.91. The molecule has 0 aliphatic carbocycles. The second kappa shape index (κ2) is 8.55. The van der Waals surface area contributed by atoms with Crippen molar-refractivity contribution >= 4 is 27.3 Å². The maximum atomic E-state index is 12.9. The summed E-state index contributed by atoms with van der Waals surface area (Å²) in [6.45, 7) is 0. The lowest BCUT2D eigenvalue weighted by Crippen LogP contribution is -2.48. The number of nitrogens with two attached hydrogens (primary N) is 2. The van der Waals surface area contributed by atoms with Crippen molar-refractivity contribution in [3.63, 3.8) is 0 Å². The number of nitrogens with zero attached hydrogens (tertiary/aromatic N) is 5. The smallest absolute Gasteiger partial charge is 0.315 e. The van der Waals surface area contributed by atoms with Gasteiger partial charge in [0.2, 0.25) is 0 Å². The van der Waals surface area contributed by atoms with Crippen LogP contribution in [0.1, 0.15) is 37.3 Å². The van der Waals surface area contributed by atoms with Crippen LogP contribution in [-0.4, -0.2) is 57.3 Å².